The van der Waals surface area contributed by atoms with Crippen LogP contribution in [0.4, 0.5) is 13.2 Å². The minimum Gasteiger partial charge on any atom is -0.492 e. The monoisotopic (exact) mass is 495 g/mol. The molecule has 0 aliphatic carbocycles. The number of nitrogens with one attached hydrogen (secondary N) is 2. The van der Waals surface area contributed by atoms with E-state index in [2.05, 4.69) is 19.4 Å². The summed E-state index contributed by atoms with van der Waals surface area (Å²) in [7, 11) is -5.72. The van der Waals surface area contributed by atoms with E-state index in [1.165, 1.54) is 12.1 Å². The lowest BCUT2D eigenvalue weighted by atomic mass is 9.86. The molecule has 0 radical (unpaired) electrons. The minimum absolute atomic E-state index is 0.307. The van der Waals surface area contributed by atoms with E-state index in [-0.39, 0.29) is 11.3 Å². The number of hydrogen-bond acceptors (Lipinski definition) is 6. The summed E-state index contributed by atoms with van der Waals surface area (Å²) in [5.41, 5.74) is -3.08. The van der Waals surface area contributed by atoms with Crippen LogP contribution in [0.15, 0.2) is 48.5 Å². The van der Waals surface area contributed by atoms with Gasteiger partial charge in [-0.15, -0.1) is 0 Å². The maximum Gasteiger partial charge on any atom is 0.534 e. The molecule has 1 saturated heterocycles. The number of nitrogens with zero attached hydrogens (tertiary/aromatic N) is 1. The summed E-state index contributed by atoms with van der Waals surface area (Å²) >= 11 is 0. The maximum atomic E-state index is 12.7. The Labute approximate surface area is 195 Å². The van der Waals surface area contributed by atoms with Gasteiger partial charge >= 0.3 is 15.6 Å². The molecule has 1 spiro atoms. The van der Waals surface area contributed by atoms with Crippen LogP contribution in [-0.2, 0) is 22.1 Å². The van der Waals surface area contributed by atoms with Crippen LogP contribution in [0.2, 0.25) is 0 Å². The molecule has 2 aromatic carbocycles. The normalized spacial score (nSPS) is 21.1. The van der Waals surface area contributed by atoms with Crippen molar-refractivity contribution in [2.24, 2.45) is 0 Å². The molecule has 0 unspecified atom stereocenters. The van der Waals surface area contributed by atoms with Gasteiger partial charge in [0.15, 0.2) is 0 Å². The number of halogens is 3. The Morgan fingerprint density at radius 2 is 1.88 bits per heavy atom. The molecule has 182 valence electrons. The first-order valence-electron chi connectivity index (χ1n) is 11.0. The number of benzene rings is 2. The molecular formula is C23H24F3N3O4S. The number of hydrogen-bond donors (Lipinski definition) is 2. The molecule has 11 heteroatoms. The molecule has 0 amide bonds. The van der Waals surface area contributed by atoms with E-state index >= 15 is 0 Å². The van der Waals surface area contributed by atoms with Crippen molar-refractivity contribution >= 4 is 21.0 Å². The zero-order chi connectivity index (χ0) is 24.0. The van der Waals surface area contributed by atoms with E-state index in [9.17, 15) is 21.6 Å². The molecule has 3 aromatic rings. The van der Waals surface area contributed by atoms with Crippen LogP contribution in [0.1, 0.15) is 17.7 Å². The van der Waals surface area contributed by atoms with Gasteiger partial charge in [0.1, 0.15) is 18.1 Å². The number of para-hydroxylation sites is 1. The summed E-state index contributed by atoms with van der Waals surface area (Å²) in [5.74, 6) is 0.473. The van der Waals surface area contributed by atoms with Crippen molar-refractivity contribution in [3.05, 3.63) is 59.8 Å². The minimum atomic E-state index is -5.72. The Bertz CT molecular complexity index is 1290. The van der Waals surface area contributed by atoms with Gasteiger partial charge in [0, 0.05) is 42.8 Å². The van der Waals surface area contributed by atoms with Crippen molar-refractivity contribution in [2.45, 2.75) is 23.9 Å². The lowest BCUT2D eigenvalue weighted by molar-refractivity contribution is -0.0500. The van der Waals surface area contributed by atoms with Gasteiger partial charge in [0.2, 0.25) is 0 Å². The molecule has 0 bridgehead atoms. The topological polar surface area (TPSA) is 83.7 Å². The summed E-state index contributed by atoms with van der Waals surface area (Å²) in [6, 6.07) is 13.8. The number of H-pyrrole nitrogens is 1. The van der Waals surface area contributed by atoms with Crippen LogP contribution in [0.5, 0.6) is 11.5 Å². The molecule has 3 heterocycles. The molecule has 1 fully saturated rings. The molecule has 2 N–H and O–H groups in total. The summed E-state index contributed by atoms with van der Waals surface area (Å²) < 4.78 is 71.2. The fourth-order valence-corrected chi connectivity index (χ4v) is 5.32. The number of fused-ring (bicyclic) bond motifs is 4. The summed E-state index contributed by atoms with van der Waals surface area (Å²) in [6.45, 7) is 3.67. The number of rotatable bonds is 6. The van der Waals surface area contributed by atoms with Gasteiger partial charge in [0.05, 0.1) is 5.54 Å². The zero-order valence-corrected chi connectivity index (χ0v) is 19.0. The fraction of sp³-hybridized carbons (Fsp3) is 0.391. The largest absolute Gasteiger partial charge is 0.534 e. The van der Waals surface area contributed by atoms with Gasteiger partial charge in [-0.25, -0.2) is 0 Å². The number of ether oxygens (including phenoxy) is 1. The van der Waals surface area contributed by atoms with E-state index in [4.69, 9.17) is 4.74 Å². The number of alkyl halides is 3. The van der Waals surface area contributed by atoms with Crippen molar-refractivity contribution < 1.29 is 30.5 Å². The maximum absolute atomic E-state index is 12.7. The second kappa shape index (κ2) is 8.47. The van der Waals surface area contributed by atoms with Crippen LogP contribution in [0.3, 0.4) is 0 Å². The van der Waals surface area contributed by atoms with Crippen molar-refractivity contribution in [1.82, 2.24) is 15.2 Å². The standard InChI is InChI=1S/C23H24F3N3O4S/c24-23(25,26)34(30,31)33-17-6-7-20-19(14-17)18-8-10-27-22(21(18)28-20)9-11-29(15-22)12-13-32-16-4-2-1-3-5-16/h1-7,14,27-28H,8-13,15H2/t22-/m1/s1. The molecule has 5 rings (SSSR count). The lowest BCUT2D eigenvalue weighted by Gasteiger charge is -2.35. The van der Waals surface area contributed by atoms with Crippen molar-refractivity contribution in [1.29, 1.82) is 0 Å². The van der Waals surface area contributed by atoms with Crippen molar-refractivity contribution in [3.63, 3.8) is 0 Å². The number of aromatic nitrogens is 1. The van der Waals surface area contributed by atoms with E-state index < -0.39 is 15.6 Å². The Hall–Kier alpha value is -2.76. The van der Waals surface area contributed by atoms with E-state index in [0.717, 1.165) is 48.6 Å². The summed E-state index contributed by atoms with van der Waals surface area (Å²) in [6.07, 6.45) is 1.54. The van der Waals surface area contributed by atoms with Crippen LogP contribution < -0.4 is 14.2 Å². The highest BCUT2D eigenvalue weighted by Gasteiger charge is 2.49. The highest BCUT2D eigenvalue weighted by Crippen LogP contribution is 2.40. The predicted molar refractivity (Wildman–Crippen MR) is 120 cm³/mol. The van der Waals surface area contributed by atoms with Gasteiger partial charge in [-0.3, -0.25) is 4.90 Å². The lowest BCUT2D eigenvalue weighted by Crippen LogP contribution is -2.49. The third kappa shape index (κ3) is 4.23. The Morgan fingerprint density at radius 1 is 1.09 bits per heavy atom. The highest BCUT2D eigenvalue weighted by molar-refractivity contribution is 7.88. The molecule has 0 saturated carbocycles. The second-order valence-electron chi connectivity index (χ2n) is 8.62. The van der Waals surface area contributed by atoms with E-state index in [0.29, 0.717) is 25.0 Å². The molecular weight excluding hydrogens is 471 g/mol. The Morgan fingerprint density at radius 3 is 2.65 bits per heavy atom. The van der Waals surface area contributed by atoms with E-state index in [1.54, 1.807) is 6.07 Å². The SMILES string of the molecule is O=S(=O)(Oc1ccc2[nH]c3c(c2c1)CCN[C@@]31CCN(CCOc2ccccc2)C1)C(F)(F)F. The molecule has 2 aliphatic rings. The molecule has 7 nitrogen and oxygen atoms in total. The Kier molecular flexibility index (Phi) is 5.73. The number of likely N-dealkylation sites (tertiary alicyclic amines) is 1. The third-order valence-corrected chi connectivity index (χ3v) is 7.43. The van der Waals surface area contributed by atoms with Crippen LogP contribution in [-0.4, -0.2) is 56.6 Å². The van der Waals surface area contributed by atoms with E-state index in [1.807, 2.05) is 30.3 Å². The van der Waals surface area contributed by atoms with Crippen molar-refractivity contribution in [2.75, 3.05) is 32.8 Å². The van der Waals surface area contributed by atoms with Gasteiger partial charge in [0.25, 0.3) is 0 Å². The fourth-order valence-electron chi connectivity index (χ4n) is 4.87. The van der Waals surface area contributed by atoms with Gasteiger partial charge < -0.3 is 19.2 Å². The summed E-state index contributed by atoms with van der Waals surface area (Å²) in [5, 5.41) is 4.31. The smallest absolute Gasteiger partial charge is 0.492 e. The van der Waals surface area contributed by atoms with Gasteiger partial charge in [-0.2, -0.15) is 21.6 Å². The predicted octanol–water partition coefficient (Wildman–Crippen LogP) is 3.52. The van der Waals surface area contributed by atoms with Crippen LogP contribution in [0, 0.1) is 0 Å². The Balaban J connectivity index is 1.34. The third-order valence-electron chi connectivity index (χ3n) is 6.45. The van der Waals surface area contributed by atoms with Gasteiger partial charge in [-0.05, 0) is 48.7 Å². The molecule has 2 aliphatic heterocycles. The van der Waals surface area contributed by atoms with Gasteiger partial charge in [-0.1, -0.05) is 18.2 Å². The highest BCUT2D eigenvalue weighted by atomic mass is 32.2. The summed E-state index contributed by atoms with van der Waals surface area (Å²) in [4.78, 5) is 5.74. The number of aromatic amines is 1. The quantitative estimate of drug-likeness (QED) is 0.402. The average Bonchev–Trinajstić information content (AvgIpc) is 3.36. The van der Waals surface area contributed by atoms with Crippen LogP contribution in [0.25, 0.3) is 10.9 Å². The second-order valence-corrected chi connectivity index (χ2v) is 10.2. The molecule has 34 heavy (non-hydrogen) atoms. The van der Waals surface area contributed by atoms with Crippen LogP contribution >= 0.6 is 0 Å². The molecule has 1 aromatic heterocycles. The first kappa shape index (κ1) is 23.0. The first-order valence-corrected chi connectivity index (χ1v) is 12.4. The van der Waals surface area contributed by atoms with Crippen molar-refractivity contribution in [3.8, 4) is 11.5 Å². The zero-order valence-electron chi connectivity index (χ0n) is 18.2. The average molecular weight is 496 g/mol. The molecule has 1 atom stereocenters. The first-order chi connectivity index (χ1) is 16.2.